The summed E-state index contributed by atoms with van der Waals surface area (Å²) in [5.41, 5.74) is 0. The van der Waals surface area contributed by atoms with Crippen molar-refractivity contribution in [3.8, 4) is 5.75 Å². The predicted octanol–water partition coefficient (Wildman–Crippen LogP) is 3.28. The van der Waals surface area contributed by atoms with Crippen LogP contribution in [0.5, 0.6) is 5.75 Å². The molecular formula is C15H23NOS. The first-order chi connectivity index (χ1) is 8.88. The van der Waals surface area contributed by atoms with Crippen molar-refractivity contribution >= 4 is 11.8 Å². The molecule has 0 spiro atoms. The van der Waals surface area contributed by atoms with Gasteiger partial charge in [0, 0.05) is 31.1 Å². The van der Waals surface area contributed by atoms with Gasteiger partial charge in [0.25, 0.3) is 0 Å². The van der Waals surface area contributed by atoms with Crippen molar-refractivity contribution in [2.75, 3.05) is 31.1 Å². The zero-order valence-electron chi connectivity index (χ0n) is 11.2. The van der Waals surface area contributed by atoms with Gasteiger partial charge in [0.15, 0.2) is 0 Å². The van der Waals surface area contributed by atoms with Gasteiger partial charge >= 0.3 is 0 Å². The summed E-state index contributed by atoms with van der Waals surface area (Å²) in [4.78, 5) is 2.54. The number of rotatable bonds is 6. The first kappa shape index (κ1) is 13.8. The zero-order chi connectivity index (χ0) is 12.6. The molecule has 18 heavy (non-hydrogen) atoms. The lowest BCUT2D eigenvalue weighted by molar-refractivity contribution is 0.130. The number of benzene rings is 1. The lowest BCUT2D eigenvalue weighted by Crippen LogP contribution is -2.40. The lowest BCUT2D eigenvalue weighted by atomic mass is 10.2. The molecule has 0 N–H and O–H groups in total. The van der Waals surface area contributed by atoms with Crippen molar-refractivity contribution in [2.24, 2.45) is 0 Å². The molecular weight excluding hydrogens is 242 g/mol. The quantitative estimate of drug-likeness (QED) is 0.783. The molecule has 1 heterocycles. The van der Waals surface area contributed by atoms with E-state index in [1.165, 1.54) is 31.0 Å². The Labute approximate surface area is 115 Å². The second kappa shape index (κ2) is 7.70. The van der Waals surface area contributed by atoms with Crippen molar-refractivity contribution in [3.63, 3.8) is 0 Å². The van der Waals surface area contributed by atoms with Crippen LogP contribution in [0.3, 0.4) is 0 Å². The molecule has 1 aromatic rings. The molecule has 0 amide bonds. The maximum absolute atomic E-state index is 6.11. The minimum absolute atomic E-state index is 0.334. The van der Waals surface area contributed by atoms with Crippen LogP contribution in [0, 0.1) is 0 Å². The Hall–Kier alpha value is -0.670. The summed E-state index contributed by atoms with van der Waals surface area (Å²) >= 11 is 2.06. The highest BCUT2D eigenvalue weighted by molar-refractivity contribution is 7.99. The minimum atomic E-state index is 0.334. The van der Waals surface area contributed by atoms with Crippen LogP contribution in [-0.4, -0.2) is 42.1 Å². The van der Waals surface area contributed by atoms with Gasteiger partial charge < -0.3 is 4.74 Å². The standard InChI is InChI=1S/C15H23NOS/c1-2-6-15(13-16-9-11-18-12-10-16)17-14-7-4-3-5-8-14/h3-5,7-8,15H,2,6,9-13H2,1H3. The smallest absolute Gasteiger partial charge is 0.119 e. The summed E-state index contributed by atoms with van der Waals surface area (Å²) in [6, 6.07) is 10.2. The number of thioether (sulfide) groups is 1. The number of para-hydroxylation sites is 1. The van der Waals surface area contributed by atoms with Crippen molar-refractivity contribution < 1.29 is 4.74 Å². The zero-order valence-corrected chi connectivity index (χ0v) is 12.0. The monoisotopic (exact) mass is 265 g/mol. The summed E-state index contributed by atoms with van der Waals surface area (Å²) in [6.07, 6.45) is 2.65. The SMILES string of the molecule is CCCC(CN1CCSCC1)Oc1ccccc1. The van der Waals surface area contributed by atoms with Gasteiger partial charge in [0.2, 0.25) is 0 Å². The van der Waals surface area contributed by atoms with Crippen LogP contribution in [0.1, 0.15) is 19.8 Å². The molecule has 2 rings (SSSR count). The number of hydrogen-bond acceptors (Lipinski definition) is 3. The molecule has 0 aromatic heterocycles. The molecule has 1 aliphatic rings. The van der Waals surface area contributed by atoms with Gasteiger partial charge in [-0.05, 0) is 18.6 Å². The van der Waals surface area contributed by atoms with Gasteiger partial charge in [-0.2, -0.15) is 11.8 Å². The van der Waals surface area contributed by atoms with E-state index in [4.69, 9.17) is 4.74 Å². The van der Waals surface area contributed by atoms with Crippen LogP contribution < -0.4 is 4.74 Å². The minimum Gasteiger partial charge on any atom is -0.489 e. The normalized spacial score (nSPS) is 18.5. The maximum atomic E-state index is 6.11. The average molecular weight is 265 g/mol. The Balaban J connectivity index is 1.86. The molecule has 1 aromatic carbocycles. The molecule has 1 atom stereocenters. The molecule has 0 saturated carbocycles. The molecule has 3 heteroatoms. The molecule has 0 bridgehead atoms. The van der Waals surface area contributed by atoms with Crippen LogP contribution in [0.4, 0.5) is 0 Å². The highest BCUT2D eigenvalue weighted by Crippen LogP contribution is 2.16. The third-order valence-corrected chi connectivity index (χ3v) is 4.16. The summed E-state index contributed by atoms with van der Waals surface area (Å²) in [5, 5.41) is 0. The van der Waals surface area contributed by atoms with E-state index in [9.17, 15) is 0 Å². The Morgan fingerprint density at radius 1 is 1.22 bits per heavy atom. The van der Waals surface area contributed by atoms with E-state index >= 15 is 0 Å². The number of hydrogen-bond donors (Lipinski definition) is 0. The second-order valence-electron chi connectivity index (χ2n) is 4.75. The molecule has 0 radical (unpaired) electrons. The van der Waals surface area contributed by atoms with Gasteiger partial charge in [-0.25, -0.2) is 0 Å². The Kier molecular flexibility index (Phi) is 5.88. The van der Waals surface area contributed by atoms with Gasteiger partial charge in [-0.15, -0.1) is 0 Å². The average Bonchev–Trinajstić information content (AvgIpc) is 2.41. The van der Waals surface area contributed by atoms with Crippen LogP contribution in [0.2, 0.25) is 0 Å². The Morgan fingerprint density at radius 3 is 2.61 bits per heavy atom. The largest absolute Gasteiger partial charge is 0.489 e. The molecule has 100 valence electrons. The molecule has 1 aliphatic heterocycles. The molecule has 0 aliphatic carbocycles. The van der Waals surface area contributed by atoms with Crippen LogP contribution in [0.25, 0.3) is 0 Å². The van der Waals surface area contributed by atoms with Gasteiger partial charge in [-0.1, -0.05) is 31.5 Å². The van der Waals surface area contributed by atoms with Crippen LogP contribution in [-0.2, 0) is 0 Å². The number of ether oxygens (including phenoxy) is 1. The fourth-order valence-corrected chi connectivity index (χ4v) is 3.25. The van der Waals surface area contributed by atoms with E-state index in [2.05, 4.69) is 35.7 Å². The summed E-state index contributed by atoms with van der Waals surface area (Å²) in [5.74, 6) is 3.54. The second-order valence-corrected chi connectivity index (χ2v) is 5.98. The van der Waals surface area contributed by atoms with Crippen molar-refractivity contribution in [1.29, 1.82) is 0 Å². The Bertz CT molecular complexity index is 325. The van der Waals surface area contributed by atoms with Crippen molar-refractivity contribution in [1.82, 2.24) is 4.90 Å². The van der Waals surface area contributed by atoms with E-state index in [1.807, 2.05) is 18.2 Å². The summed E-state index contributed by atoms with van der Waals surface area (Å²) in [6.45, 7) is 5.72. The fourth-order valence-electron chi connectivity index (χ4n) is 2.27. The van der Waals surface area contributed by atoms with Crippen LogP contribution in [0.15, 0.2) is 30.3 Å². The van der Waals surface area contributed by atoms with Gasteiger partial charge in [0.05, 0.1) is 0 Å². The first-order valence-corrected chi connectivity index (χ1v) is 8.05. The molecule has 1 fully saturated rings. The topological polar surface area (TPSA) is 12.5 Å². The fraction of sp³-hybridized carbons (Fsp3) is 0.600. The highest BCUT2D eigenvalue weighted by atomic mass is 32.2. The Morgan fingerprint density at radius 2 is 1.94 bits per heavy atom. The molecule has 1 saturated heterocycles. The third-order valence-electron chi connectivity index (χ3n) is 3.22. The van der Waals surface area contributed by atoms with Gasteiger partial charge in [-0.3, -0.25) is 4.90 Å². The van der Waals surface area contributed by atoms with E-state index in [0.717, 1.165) is 18.7 Å². The lowest BCUT2D eigenvalue weighted by Gasteiger charge is -2.30. The maximum Gasteiger partial charge on any atom is 0.119 e. The van der Waals surface area contributed by atoms with E-state index < -0.39 is 0 Å². The van der Waals surface area contributed by atoms with E-state index in [1.54, 1.807) is 0 Å². The predicted molar refractivity (Wildman–Crippen MR) is 79.5 cm³/mol. The molecule has 2 nitrogen and oxygen atoms in total. The van der Waals surface area contributed by atoms with Gasteiger partial charge in [0.1, 0.15) is 11.9 Å². The van der Waals surface area contributed by atoms with Crippen LogP contribution >= 0.6 is 11.8 Å². The first-order valence-electron chi connectivity index (χ1n) is 6.90. The molecule has 1 unspecified atom stereocenters. The highest BCUT2D eigenvalue weighted by Gasteiger charge is 2.17. The van der Waals surface area contributed by atoms with Crippen molar-refractivity contribution in [3.05, 3.63) is 30.3 Å². The van der Waals surface area contributed by atoms with Crippen molar-refractivity contribution in [2.45, 2.75) is 25.9 Å². The van der Waals surface area contributed by atoms with E-state index in [-0.39, 0.29) is 0 Å². The third kappa shape index (κ3) is 4.54. The summed E-state index contributed by atoms with van der Waals surface area (Å²) in [7, 11) is 0. The number of nitrogens with zero attached hydrogens (tertiary/aromatic N) is 1. The summed E-state index contributed by atoms with van der Waals surface area (Å²) < 4.78 is 6.11. The van der Waals surface area contributed by atoms with E-state index in [0.29, 0.717) is 6.10 Å².